The summed E-state index contributed by atoms with van der Waals surface area (Å²) >= 11 is 0. The molecule has 1 N–H and O–H groups in total. The van der Waals surface area contributed by atoms with Crippen LogP contribution in [-0.2, 0) is 4.79 Å². The lowest BCUT2D eigenvalue weighted by molar-refractivity contribution is -0.130. The maximum absolute atomic E-state index is 12.0. The molecule has 5 heteroatoms. The van der Waals surface area contributed by atoms with Crippen molar-refractivity contribution in [2.75, 3.05) is 20.6 Å². The predicted octanol–water partition coefficient (Wildman–Crippen LogP) is 1.05. The Morgan fingerprint density at radius 3 is 2.35 bits per heavy atom. The van der Waals surface area contributed by atoms with Crippen LogP contribution in [-0.4, -0.2) is 54.0 Å². The highest BCUT2D eigenvalue weighted by Crippen LogP contribution is 2.27. The summed E-state index contributed by atoms with van der Waals surface area (Å²) in [5.74, 6) is -0.0876. The Balaban J connectivity index is 2.58. The smallest absolute Gasteiger partial charge is 0.318 e. The summed E-state index contributed by atoms with van der Waals surface area (Å²) in [6, 6.07) is -0.621. The van der Waals surface area contributed by atoms with Crippen LogP contribution in [0.3, 0.4) is 0 Å². The fourth-order valence-electron chi connectivity index (χ4n) is 2.20. The minimum absolute atomic E-state index is 0.0876. The van der Waals surface area contributed by atoms with Gasteiger partial charge in [0.15, 0.2) is 0 Å². The summed E-state index contributed by atoms with van der Waals surface area (Å²) in [5, 5.41) is 2.75. The van der Waals surface area contributed by atoms with E-state index in [4.69, 9.17) is 0 Å². The van der Waals surface area contributed by atoms with E-state index in [1.165, 1.54) is 4.90 Å². The fourth-order valence-corrected chi connectivity index (χ4v) is 2.20. The molecule has 1 aliphatic heterocycles. The van der Waals surface area contributed by atoms with Crippen molar-refractivity contribution in [3.63, 3.8) is 0 Å². The first-order chi connectivity index (χ1) is 7.75. The van der Waals surface area contributed by atoms with E-state index in [0.29, 0.717) is 0 Å². The Kier molecular flexibility index (Phi) is 4.01. The van der Waals surface area contributed by atoms with E-state index in [9.17, 15) is 9.59 Å². The molecule has 0 aromatic carbocycles. The van der Waals surface area contributed by atoms with Crippen LogP contribution in [0.5, 0.6) is 0 Å². The molecule has 17 heavy (non-hydrogen) atoms. The maximum atomic E-state index is 12.0. The summed E-state index contributed by atoms with van der Waals surface area (Å²) in [4.78, 5) is 27.0. The molecule has 1 atom stereocenters. The number of urea groups is 1. The van der Waals surface area contributed by atoms with Gasteiger partial charge in [-0.05, 0) is 33.6 Å². The predicted molar refractivity (Wildman–Crippen MR) is 66.7 cm³/mol. The molecular formula is C12H23N3O2. The first-order valence-corrected chi connectivity index (χ1v) is 6.05. The van der Waals surface area contributed by atoms with Crippen molar-refractivity contribution < 1.29 is 9.59 Å². The molecule has 1 aliphatic rings. The van der Waals surface area contributed by atoms with Crippen molar-refractivity contribution in [2.45, 2.75) is 45.2 Å². The molecule has 1 rings (SSSR count). The summed E-state index contributed by atoms with van der Waals surface area (Å²) in [6.07, 6.45) is 2.03. The Morgan fingerprint density at radius 2 is 1.94 bits per heavy atom. The van der Waals surface area contributed by atoms with E-state index in [2.05, 4.69) is 19.2 Å². The number of hydrogen-bond donors (Lipinski definition) is 1. The van der Waals surface area contributed by atoms with Crippen LogP contribution in [0, 0.1) is 0 Å². The van der Waals surface area contributed by atoms with Crippen LogP contribution < -0.4 is 5.32 Å². The molecule has 0 unspecified atom stereocenters. The average molecular weight is 241 g/mol. The molecule has 1 heterocycles. The topological polar surface area (TPSA) is 52.7 Å². The third-order valence-corrected chi connectivity index (χ3v) is 3.30. The molecule has 98 valence electrons. The van der Waals surface area contributed by atoms with Crippen molar-refractivity contribution in [2.24, 2.45) is 0 Å². The van der Waals surface area contributed by atoms with Gasteiger partial charge in [-0.3, -0.25) is 4.79 Å². The summed E-state index contributed by atoms with van der Waals surface area (Å²) in [5.41, 5.74) is -0.106. The van der Waals surface area contributed by atoms with Crippen molar-refractivity contribution >= 4 is 11.9 Å². The number of nitrogens with one attached hydrogen (secondary N) is 1. The normalized spacial score (nSPS) is 19.9. The van der Waals surface area contributed by atoms with E-state index in [1.54, 1.807) is 21.0 Å². The Morgan fingerprint density at radius 1 is 1.35 bits per heavy atom. The van der Waals surface area contributed by atoms with Gasteiger partial charge >= 0.3 is 6.03 Å². The van der Waals surface area contributed by atoms with E-state index in [0.717, 1.165) is 19.4 Å². The zero-order valence-electron chi connectivity index (χ0n) is 11.4. The number of carbonyl (C=O) groups excluding carboxylic acids is 2. The second-order valence-electron chi connectivity index (χ2n) is 5.47. The summed E-state index contributed by atoms with van der Waals surface area (Å²) < 4.78 is 0. The van der Waals surface area contributed by atoms with Crippen LogP contribution in [0.1, 0.15) is 33.6 Å². The number of amides is 3. The van der Waals surface area contributed by atoms with Crippen molar-refractivity contribution in [3.05, 3.63) is 0 Å². The minimum atomic E-state index is -0.478. The Hall–Kier alpha value is -1.26. The molecule has 0 aliphatic carbocycles. The average Bonchev–Trinajstić information content (AvgIpc) is 2.56. The van der Waals surface area contributed by atoms with Crippen LogP contribution in [0.4, 0.5) is 4.79 Å². The molecule has 1 saturated heterocycles. The Bertz CT molecular complexity index is 313. The van der Waals surface area contributed by atoms with Gasteiger partial charge in [0, 0.05) is 26.2 Å². The fraction of sp³-hybridized carbons (Fsp3) is 0.833. The van der Waals surface area contributed by atoms with Gasteiger partial charge in [0.25, 0.3) is 0 Å². The lowest BCUT2D eigenvalue weighted by Crippen LogP contribution is -2.53. The number of hydrogen-bond acceptors (Lipinski definition) is 2. The van der Waals surface area contributed by atoms with Crippen molar-refractivity contribution in [1.29, 1.82) is 0 Å². The van der Waals surface area contributed by atoms with E-state index in [-0.39, 0.29) is 17.5 Å². The lowest BCUT2D eigenvalue weighted by atomic mass is 10.0. The number of likely N-dealkylation sites (N-methyl/N-ethyl adjacent to an activating group) is 1. The minimum Gasteiger partial charge on any atom is -0.347 e. The zero-order chi connectivity index (χ0) is 13.2. The monoisotopic (exact) mass is 241 g/mol. The third kappa shape index (κ3) is 3.11. The Labute approximate surface area is 103 Å². The van der Waals surface area contributed by atoms with Gasteiger partial charge in [-0.15, -0.1) is 0 Å². The summed E-state index contributed by atoms with van der Waals surface area (Å²) in [6.45, 7) is 6.58. The first kappa shape index (κ1) is 13.8. The second-order valence-corrected chi connectivity index (χ2v) is 5.47. The summed E-state index contributed by atoms with van der Waals surface area (Å²) in [7, 11) is 3.37. The number of likely N-dealkylation sites (tertiary alicyclic amines) is 1. The zero-order valence-corrected chi connectivity index (χ0v) is 11.4. The quantitative estimate of drug-likeness (QED) is 0.785. The number of nitrogens with zero attached hydrogens (tertiary/aromatic N) is 2. The van der Waals surface area contributed by atoms with Crippen LogP contribution in [0.25, 0.3) is 0 Å². The van der Waals surface area contributed by atoms with E-state index >= 15 is 0 Å². The standard InChI is InChI=1S/C12H23N3O2/c1-9(10(16)14(4)5)13-11(17)15-8-6-7-12(15,2)3/h9H,6-8H2,1-5H3,(H,13,17)/t9-/m0/s1. The van der Waals surface area contributed by atoms with Crippen molar-refractivity contribution in [1.82, 2.24) is 15.1 Å². The highest BCUT2D eigenvalue weighted by molar-refractivity contribution is 5.86. The SMILES string of the molecule is C[C@H](NC(=O)N1CCCC1(C)C)C(=O)N(C)C. The number of rotatable bonds is 2. The van der Waals surface area contributed by atoms with Gasteiger partial charge in [-0.2, -0.15) is 0 Å². The van der Waals surface area contributed by atoms with Crippen molar-refractivity contribution in [3.8, 4) is 0 Å². The number of carbonyl (C=O) groups is 2. The van der Waals surface area contributed by atoms with Gasteiger partial charge in [-0.25, -0.2) is 4.79 Å². The molecule has 0 bridgehead atoms. The molecular weight excluding hydrogens is 218 g/mol. The molecule has 1 fully saturated rings. The molecule has 0 aromatic rings. The van der Waals surface area contributed by atoms with Crippen LogP contribution in [0.2, 0.25) is 0 Å². The molecule has 3 amide bonds. The maximum Gasteiger partial charge on any atom is 0.318 e. The van der Waals surface area contributed by atoms with Gasteiger partial charge < -0.3 is 15.1 Å². The largest absolute Gasteiger partial charge is 0.347 e. The first-order valence-electron chi connectivity index (χ1n) is 6.05. The molecule has 0 radical (unpaired) electrons. The molecule has 0 saturated carbocycles. The highest BCUT2D eigenvalue weighted by atomic mass is 16.2. The molecule has 0 spiro atoms. The van der Waals surface area contributed by atoms with Gasteiger partial charge in [0.1, 0.15) is 6.04 Å². The van der Waals surface area contributed by atoms with E-state index < -0.39 is 6.04 Å². The second kappa shape index (κ2) is 4.94. The lowest BCUT2D eigenvalue weighted by Gasteiger charge is -2.32. The van der Waals surface area contributed by atoms with Gasteiger partial charge in [0.2, 0.25) is 5.91 Å². The van der Waals surface area contributed by atoms with Crippen LogP contribution >= 0.6 is 0 Å². The van der Waals surface area contributed by atoms with Gasteiger partial charge in [-0.1, -0.05) is 0 Å². The molecule has 0 aromatic heterocycles. The molecule has 5 nitrogen and oxygen atoms in total. The van der Waals surface area contributed by atoms with E-state index in [1.807, 2.05) is 4.90 Å². The third-order valence-electron chi connectivity index (χ3n) is 3.30. The van der Waals surface area contributed by atoms with Crippen LogP contribution in [0.15, 0.2) is 0 Å². The van der Waals surface area contributed by atoms with Gasteiger partial charge in [0.05, 0.1) is 0 Å². The highest BCUT2D eigenvalue weighted by Gasteiger charge is 2.36.